The van der Waals surface area contributed by atoms with Crippen molar-refractivity contribution in [1.82, 2.24) is 9.80 Å². The van der Waals surface area contributed by atoms with E-state index in [0.717, 1.165) is 25.2 Å². The second-order valence-electron chi connectivity index (χ2n) is 4.86. The van der Waals surface area contributed by atoms with E-state index in [-0.39, 0.29) is 11.8 Å². The van der Waals surface area contributed by atoms with Crippen molar-refractivity contribution in [3.63, 3.8) is 0 Å². The maximum absolute atomic E-state index is 11.6. The predicted molar refractivity (Wildman–Crippen MR) is 76.4 cm³/mol. The Bertz CT molecular complexity index is 471. The third-order valence-corrected chi connectivity index (χ3v) is 3.40. The van der Waals surface area contributed by atoms with Gasteiger partial charge in [-0.3, -0.25) is 4.90 Å². The van der Waals surface area contributed by atoms with Crippen molar-refractivity contribution in [2.24, 2.45) is 0 Å². The molecule has 1 aromatic rings. The van der Waals surface area contributed by atoms with Crippen LogP contribution in [0.25, 0.3) is 0 Å². The molecule has 2 rings (SSSR count). The highest BCUT2D eigenvalue weighted by atomic mass is 16.6. The van der Waals surface area contributed by atoms with Crippen LogP contribution in [0.15, 0.2) is 18.2 Å². The number of carbonyl (C=O) groups is 1. The van der Waals surface area contributed by atoms with Crippen molar-refractivity contribution in [2.75, 3.05) is 38.5 Å². The van der Waals surface area contributed by atoms with E-state index in [1.54, 1.807) is 17.0 Å². The first-order valence-electron chi connectivity index (χ1n) is 6.81. The SMILES string of the molecule is CCOC(=O)N1CCN(Cc2ccc(O)c(N)c2)CC1. The number of hydrogen-bond donors (Lipinski definition) is 2. The molecule has 0 atom stereocenters. The van der Waals surface area contributed by atoms with Gasteiger partial charge in [0.15, 0.2) is 0 Å². The summed E-state index contributed by atoms with van der Waals surface area (Å²) >= 11 is 0. The standard InChI is InChI=1S/C14H21N3O3/c1-2-20-14(19)17-7-5-16(6-8-17)10-11-3-4-13(18)12(15)9-11/h3-4,9,18H,2,5-8,10,15H2,1H3. The van der Waals surface area contributed by atoms with Crippen LogP contribution in [0.1, 0.15) is 12.5 Å². The van der Waals surface area contributed by atoms with Crippen LogP contribution >= 0.6 is 0 Å². The highest BCUT2D eigenvalue weighted by Crippen LogP contribution is 2.21. The molecule has 0 bridgehead atoms. The van der Waals surface area contributed by atoms with Crippen molar-refractivity contribution in [2.45, 2.75) is 13.5 Å². The Kier molecular flexibility index (Phi) is 4.68. The van der Waals surface area contributed by atoms with E-state index in [2.05, 4.69) is 4.90 Å². The van der Waals surface area contributed by atoms with Gasteiger partial charge in [0.2, 0.25) is 0 Å². The number of anilines is 1. The first kappa shape index (κ1) is 14.5. The minimum absolute atomic E-state index is 0.112. The van der Waals surface area contributed by atoms with E-state index in [0.29, 0.717) is 25.4 Å². The molecule has 1 heterocycles. The zero-order valence-corrected chi connectivity index (χ0v) is 11.7. The minimum atomic E-state index is -0.235. The number of ether oxygens (including phenoxy) is 1. The summed E-state index contributed by atoms with van der Waals surface area (Å²) < 4.78 is 4.99. The number of amides is 1. The lowest BCUT2D eigenvalue weighted by Crippen LogP contribution is -2.48. The van der Waals surface area contributed by atoms with Crippen molar-refractivity contribution < 1.29 is 14.6 Å². The maximum Gasteiger partial charge on any atom is 0.409 e. The average Bonchev–Trinajstić information content (AvgIpc) is 2.44. The first-order valence-corrected chi connectivity index (χ1v) is 6.81. The lowest BCUT2D eigenvalue weighted by Gasteiger charge is -2.34. The molecule has 1 aliphatic rings. The van der Waals surface area contributed by atoms with Crippen molar-refractivity contribution >= 4 is 11.8 Å². The predicted octanol–water partition coefficient (Wildman–Crippen LogP) is 1.25. The normalized spacial score (nSPS) is 16.1. The molecule has 0 radical (unpaired) electrons. The average molecular weight is 279 g/mol. The molecule has 0 aliphatic carbocycles. The smallest absolute Gasteiger partial charge is 0.409 e. The Morgan fingerprint density at radius 1 is 1.35 bits per heavy atom. The summed E-state index contributed by atoms with van der Waals surface area (Å²) in [4.78, 5) is 15.6. The number of rotatable bonds is 3. The van der Waals surface area contributed by atoms with Crippen LogP contribution in [-0.2, 0) is 11.3 Å². The van der Waals surface area contributed by atoms with Crippen molar-refractivity contribution in [3.8, 4) is 5.75 Å². The number of hydrogen-bond acceptors (Lipinski definition) is 5. The molecule has 1 fully saturated rings. The van der Waals surface area contributed by atoms with E-state index >= 15 is 0 Å². The highest BCUT2D eigenvalue weighted by Gasteiger charge is 2.21. The van der Waals surface area contributed by atoms with Gasteiger partial charge in [-0.1, -0.05) is 6.07 Å². The molecule has 0 saturated carbocycles. The Balaban J connectivity index is 1.85. The topological polar surface area (TPSA) is 79.0 Å². The first-order chi connectivity index (χ1) is 9.60. The van der Waals surface area contributed by atoms with Gasteiger partial charge in [-0.2, -0.15) is 0 Å². The van der Waals surface area contributed by atoms with Crippen LogP contribution in [0.2, 0.25) is 0 Å². The van der Waals surface area contributed by atoms with Crippen LogP contribution in [0.4, 0.5) is 10.5 Å². The van der Waals surface area contributed by atoms with E-state index in [4.69, 9.17) is 10.5 Å². The third kappa shape index (κ3) is 3.54. The van der Waals surface area contributed by atoms with Gasteiger partial charge in [0.05, 0.1) is 12.3 Å². The zero-order chi connectivity index (χ0) is 14.5. The maximum atomic E-state index is 11.6. The number of aromatic hydroxyl groups is 1. The van der Waals surface area contributed by atoms with Crippen LogP contribution in [0, 0.1) is 0 Å². The molecular weight excluding hydrogens is 258 g/mol. The van der Waals surface area contributed by atoms with E-state index in [9.17, 15) is 9.90 Å². The molecule has 6 heteroatoms. The number of phenolic OH excluding ortho intramolecular Hbond substituents is 1. The number of nitrogen functional groups attached to an aromatic ring is 1. The van der Waals surface area contributed by atoms with Gasteiger partial charge in [0.1, 0.15) is 5.75 Å². The summed E-state index contributed by atoms with van der Waals surface area (Å²) in [5.74, 6) is 0.112. The van der Waals surface area contributed by atoms with E-state index in [1.807, 2.05) is 13.0 Å². The fourth-order valence-corrected chi connectivity index (χ4v) is 2.26. The molecule has 1 aliphatic heterocycles. The summed E-state index contributed by atoms with van der Waals surface area (Å²) in [5, 5.41) is 9.40. The van der Waals surface area contributed by atoms with Gasteiger partial charge in [-0.05, 0) is 24.6 Å². The van der Waals surface area contributed by atoms with Gasteiger partial charge in [0.25, 0.3) is 0 Å². The molecule has 1 aromatic carbocycles. The molecule has 110 valence electrons. The number of nitrogens with two attached hydrogens (primary N) is 1. The molecule has 3 N–H and O–H groups in total. The summed E-state index contributed by atoms with van der Waals surface area (Å²) in [6.07, 6.45) is -0.235. The molecule has 1 saturated heterocycles. The lowest BCUT2D eigenvalue weighted by molar-refractivity contribution is 0.0778. The summed E-state index contributed by atoms with van der Waals surface area (Å²) in [5.41, 5.74) is 7.14. The van der Waals surface area contributed by atoms with Crippen molar-refractivity contribution in [3.05, 3.63) is 23.8 Å². The number of phenols is 1. The molecule has 20 heavy (non-hydrogen) atoms. The summed E-state index contributed by atoms with van der Waals surface area (Å²) in [7, 11) is 0. The minimum Gasteiger partial charge on any atom is -0.506 e. The largest absolute Gasteiger partial charge is 0.506 e. The Morgan fingerprint density at radius 3 is 2.65 bits per heavy atom. The second-order valence-corrected chi connectivity index (χ2v) is 4.86. The number of nitrogens with zero attached hydrogens (tertiary/aromatic N) is 2. The fraction of sp³-hybridized carbons (Fsp3) is 0.500. The molecule has 0 aromatic heterocycles. The number of piperazine rings is 1. The van der Waals surface area contributed by atoms with Crippen LogP contribution in [-0.4, -0.2) is 53.8 Å². The number of carbonyl (C=O) groups excluding carboxylic acids is 1. The van der Waals surface area contributed by atoms with Crippen LogP contribution in [0.3, 0.4) is 0 Å². The van der Waals surface area contributed by atoms with Gasteiger partial charge >= 0.3 is 6.09 Å². The molecule has 1 amide bonds. The molecule has 0 unspecified atom stereocenters. The van der Waals surface area contributed by atoms with Crippen molar-refractivity contribution in [1.29, 1.82) is 0 Å². The Hall–Kier alpha value is -1.95. The van der Waals surface area contributed by atoms with E-state index < -0.39 is 0 Å². The lowest BCUT2D eigenvalue weighted by atomic mass is 10.1. The summed E-state index contributed by atoms with van der Waals surface area (Å²) in [6, 6.07) is 5.26. The fourth-order valence-electron chi connectivity index (χ4n) is 2.26. The molecule has 0 spiro atoms. The Morgan fingerprint density at radius 2 is 2.05 bits per heavy atom. The quantitative estimate of drug-likeness (QED) is 0.643. The van der Waals surface area contributed by atoms with E-state index in [1.165, 1.54) is 0 Å². The van der Waals surface area contributed by atoms with Gasteiger partial charge in [0, 0.05) is 32.7 Å². The highest BCUT2D eigenvalue weighted by molar-refractivity contribution is 5.67. The second kappa shape index (κ2) is 6.47. The zero-order valence-electron chi connectivity index (χ0n) is 11.7. The summed E-state index contributed by atoms with van der Waals surface area (Å²) in [6.45, 7) is 5.94. The number of benzene rings is 1. The van der Waals surface area contributed by atoms with Gasteiger partial charge in [-0.15, -0.1) is 0 Å². The molecule has 6 nitrogen and oxygen atoms in total. The van der Waals surface area contributed by atoms with Crippen LogP contribution < -0.4 is 5.73 Å². The van der Waals surface area contributed by atoms with Gasteiger partial charge < -0.3 is 20.5 Å². The Labute approximate surface area is 118 Å². The molecular formula is C14H21N3O3. The van der Waals surface area contributed by atoms with Gasteiger partial charge in [-0.25, -0.2) is 4.79 Å². The van der Waals surface area contributed by atoms with Crippen LogP contribution in [0.5, 0.6) is 5.75 Å². The third-order valence-electron chi connectivity index (χ3n) is 3.40. The monoisotopic (exact) mass is 279 g/mol.